The van der Waals surface area contributed by atoms with Crippen molar-refractivity contribution in [3.05, 3.63) is 18.2 Å². The number of likely N-dealkylation sites (tertiary alicyclic amines) is 1. The lowest BCUT2D eigenvalue weighted by atomic mass is 9.95. The zero-order valence-electron chi connectivity index (χ0n) is 16.9. The van der Waals surface area contributed by atoms with Crippen molar-refractivity contribution in [1.82, 2.24) is 19.8 Å². The molecule has 0 bridgehead atoms. The van der Waals surface area contributed by atoms with Gasteiger partial charge in [0.2, 0.25) is 11.8 Å². The van der Waals surface area contributed by atoms with Gasteiger partial charge in [0, 0.05) is 44.2 Å². The molecule has 11 heteroatoms. The quantitative estimate of drug-likeness (QED) is 0.637. The summed E-state index contributed by atoms with van der Waals surface area (Å²) in [6.45, 7) is 2.44. The van der Waals surface area contributed by atoms with Crippen LogP contribution >= 0.6 is 0 Å². The fourth-order valence-corrected chi connectivity index (χ4v) is 6.16. The highest BCUT2D eigenvalue weighted by Gasteiger charge is 2.42. The van der Waals surface area contributed by atoms with Crippen LogP contribution in [0.2, 0.25) is 0 Å². The van der Waals surface area contributed by atoms with Crippen LogP contribution in [-0.4, -0.2) is 76.9 Å². The number of carbonyl (C=O) groups is 3. The van der Waals surface area contributed by atoms with Gasteiger partial charge >= 0.3 is 0 Å². The maximum absolute atomic E-state index is 12.8. The first-order valence-corrected chi connectivity index (χ1v) is 11.9. The number of imidazole rings is 1. The van der Waals surface area contributed by atoms with Crippen LogP contribution in [-0.2, 0) is 24.2 Å². The maximum Gasteiger partial charge on any atom is 0.290 e. The van der Waals surface area contributed by atoms with Crippen LogP contribution in [0.25, 0.3) is 0 Å². The van der Waals surface area contributed by atoms with Gasteiger partial charge in [0.25, 0.3) is 6.47 Å². The number of aromatic nitrogens is 2. The van der Waals surface area contributed by atoms with Crippen LogP contribution in [0.1, 0.15) is 50.4 Å². The molecule has 1 saturated carbocycles. The Kier molecular flexibility index (Phi) is 6.79. The van der Waals surface area contributed by atoms with Crippen molar-refractivity contribution in [3.8, 4) is 0 Å². The number of carbonyl (C=O) groups excluding carboxylic acids is 2. The number of hydrogen-bond acceptors (Lipinski definition) is 6. The van der Waals surface area contributed by atoms with Gasteiger partial charge in [0.05, 0.1) is 23.6 Å². The van der Waals surface area contributed by atoms with Crippen molar-refractivity contribution in [1.29, 1.82) is 0 Å². The van der Waals surface area contributed by atoms with Gasteiger partial charge < -0.3 is 19.9 Å². The van der Waals surface area contributed by atoms with Crippen LogP contribution in [0.15, 0.2) is 12.4 Å². The molecule has 1 aromatic heterocycles. The Morgan fingerprint density at radius 1 is 1.20 bits per heavy atom. The predicted molar refractivity (Wildman–Crippen MR) is 107 cm³/mol. The summed E-state index contributed by atoms with van der Waals surface area (Å²) in [4.78, 5) is 38.7. The molecule has 2 atom stereocenters. The molecule has 0 spiro atoms. The molecule has 1 aliphatic carbocycles. The minimum atomic E-state index is -3.21. The predicted octanol–water partition coefficient (Wildman–Crippen LogP) is 0.174. The molecular formula is C19H28N4O6S. The van der Waals surface area contributed by atoms with E-state index in [-0.39, 0.29) is 41.8 Å². The van der Waals surface area contributed by atoms with Gasteiger partial charge in [0.15, 0.2) is 9.84 Å². The highest BCUT2D eigenvalue weighted by atomic mass is 32.2. The van der Waals surface area contributed by atoms with Crippen LogP contribution in [0.3, 0.4) is 0 Å². The zero-order chi connectivity index (χ0) is 21.9. The van der Waals surface area contributed by atoms with Crippen molar-refractivity contribution < 1.29 is 27.9 Å². The molecule has 0 aromatic carbocycles. The number of sulfone groups is 1. The zero-order valence-corrected chi connectivity index (χ0v) is 17.8. The standard InChI is InChI=1S/C18H26N4O4S.CH2O2/c1-12(23)21-7-4-14(5-8-21)18(24)20-15-10-27(25,26)11-16(15)22-9-6-19-17(22)13-2-3-13;2-1-3/h6,9,13-16H,2-5,7-8,10-11H2,1H3,(H,20,24);1H,(H,2,3)/t15-,16+;/m0./s1. The lowest BCUT2D eigenvalue weighted by molar-refractivity contribution is -0.134. The Hall–Kier alpha value is -2.43. The summed E-state index contributed by atoms with van der Waals surface area (Å²) in [6, 6.07) is -0.727. The highest BCUT2D eigenvalue weighted by molar-refractivity contribution is 7.91. The molecule has 3 heterocycles. The van der Waals surface area contributed by atoms with E-state index in [9.17, 15) is 18.0 Å². The molecular weight excluding hydrogens is 412 g/mol. The first-order chi connectivity index (χ1) is 14.3. The van der Waals surface area contributed by atoms with Crippen LogP contribution in [0, 0.1) is 5.92 Å². The van der Waals surface area contributed by atoms with Gasteiger partial charge in [-0.15, -0.1) is 0 Å². The number of carboxylic acid groups (broad SMARTS) is 1. The largest absolute Gasteiger partial charge is 0.483 e. The van der Waals surface area contributed by atoms with Crippen LogP contribution in [0.4, 0.5) is 0 Å². The van der Waals surface area contributed by atoms with E-state index in [1.807, 2.05) is 10.8 Å². The fourth-order valence-electron chi connectivity index (χ4n) is 4.26. The summed E-state index contributed by atoms with van der Waals surface area (Å²) in [7, 11) is -3.21. The summed E-state index contributed by atoms with van der Waals surface area (Å²) in [5.41, 5.74) is 0. The first kappa shape index (κ1) is 22.3. The Morgan fingerprint density at radius 3 is 2.40 bits per heavy atom. The molecule has 0 radical (unpaired) electrons. The smallest absolute Gasteiger partial charge is 0.290 e. The number of rotatable bonds is 4. The summed E-state index contributed by atoms with van der Waals surface area (Å²) in [5, 5.41) is 9.89. The molecule has 2 amide bonds. The molecule has 0 unspecified atom stereocenters. The van der Waals surface area contributed by atoms with E-state index in [0.717, 1.165) is 18.7 Å². The first-order valence-electron chi connectivity index (χ1n) is 10.1. The molecule has 4 rings (SSSR count). The third kappa shape index (κ3) is 5.18. The van der Waals surface area contributed by atoms with Gasteiger partial charge in [0.1, 0.15) is 5.82 Å². The average Bonchev–Trinajstić information content (AvgIpc) is 3.34. The SMILES string of the molecule is CC(=O)N1CCC(C(=O)N[C@H]2CS(=O)(=O)C[C@H]2n2ccnc2C2CC2)CC1.O=CO. The topological polar surface area (TPSA) is 139 Å². The van der Waals surface area contributed by atoms with Crippen molar-refractivity contribution in [2.75, 3.05) is 24.6 Å². The molecule has 2 aliphatic heterocycles. The number of piperidine rings is 1. The Labute approximate surface area is 175 Å². The Balaban J connectivity index is 0.000000806. The minimum Gasteiger partial charge on any atom is -0.483 e. The van der Waals surface area contributed by atoms with Crippen LogP contribution < -0.4 is 5.32 Å². The minimum absolute atomic E-state index is 0.0298. The number of amides is 2. The van der Waals surface area contributed by atoms with E-state index >= 15 is 0 Å². The van der Waals surface area contributed by atoms with Gasteiger partial charge in [-0.2, -0.15) is 0 Å². The summed E-state index contributed by atoms with van der Waals surface area (Å²) in [6.07, 6.45) is 6.96. The van der Waals surface area contributed by atoms with E-state index in [0.29, 0.717) is 31.8 Å². The van der Waals surface area contributed by atoms with Gasteiger partial charge in [-0.25, -0.2) is 13.4 Å². The lowest BCUT2D eigenvalue weighted by Gasteiger charge is -2.32. The monoisotopic (exact) mass is 440 g/mol. The van der Waals surface area contributed by atoms with E-state index in [4.69, 9.17) is 9.90 Å². The third-order valence-corrected chi connectivity index (χ3v) is 7.68. The summed E-state index contributed by atoms with van der Waals surface area (Å²) in [5.74, 6) is 1.12. The molecule has 166 valence electrons. The van der Waals surface area contributed by atoms with Crippen molar-refractivity contribution in [2.45, 2.75) is 50.6 Å². The normalized spacial score (nSPS) is 25.8. The molecule has 2 N–H and O–H groups in total. The Bertz CT molecular complexity index is 887. The van der Waals surface area contributed by atoms with Crippen molar-refractivity contribution >= 4 is 28.1 Å². The third-order valence-electron chi connectivity index (χ3n) is 5.96. The number of nitrogens with one attached hydrogen (secondary N) is 1. The molecule has 1 aromatic rings. The van der Waals surface area contributed by atoms with Gasteiger partial charge in [-0.3, -0.25) is 14.4 Å². The summed E-state index contributed by atoms with van der Waals surface area (Å²) < 4.78 is 26.5. The molecule has 2 saturated heterocycles. The van der Waals surface area contributed by atoms with Crippen LogP contribution in [0.5, 0.6) is 0 Å². The van der Waals surface area contributed by atoms with E-state index < -0.39 is 15.9 Å². The Morgan fingerprint density at radius 2 is 1.83 bits per heavy atom. The summed E-state index contributed by atoms with van der Waals surface area (Å²) >= 11 is 0. The van der Waals surface area contributed by atoms with E-state index in [1.165, 1.54) is 6.92 Å². The van der Waals surface area contributed by atoms with E-state index in [1.54, 1.807) is 11.1 Å². The lowest BCUT2D eigenvalue weighted by Crippen LogP contribution is -2.47. The average molecular weight is 441 g/mol. The van der Waals surface area contributed by atoms with Gasteiger partial charge in [-0.05, 0) is 25.7 Å². The molecule has 3 aliphatic rings. The maximum atomic E-state index is 12.8. The van der Waals surface area contributed by atoms with E-state index in [2.05, 4.69) is 10.3 Å². The molecule has 10 nitrogen and oxygen atoms in total. The number of nitrogens with zero attached hydrogens (tertiary/aromatic N) is 3. The highest BCUT2D eigenvalue weighted by Crippen LogP contribution is 2.41. The molecule has 30 heavy (non-hydrogen) atoms. The van der Waals surface area contributed by atoms with Crippen molar-refractivity contribution in [2.24, 2.45) is 5.92 Å². The second-order valence-electron chi connectivity index (χ2n) is 8.11. The second kappa shape index (κ2) is 9.15. The number of hydrogen-bond donors (Lipinski definition) is 2. The van der Waals surface area contributed by atoms with Gasteiger partial charge in [-0.1, -0.05) is 0 Å². The van der Waals surface area contributed by atoms with Crippen molar-refractivity contribution in [3.63, 3.8) is 0 Å². The fraction of sp³-hybridized carbons (Fsp3) is 0.684. The molecule has 3 fully saturated rings. The second-order valence-corrected chi connectivity index (χ2v) is 10.3.